The average molecular weight is 475 g/mol. The van der Waals surface area contributed by atoms with E-state index in [2.05, 4.69) is 10.1 Å². The van der Waals surface area contributed by atoms with Gasteiger partial charge in [0.15, 0.2) is 6.61 Å². The molecule has 4 aromatic rings. The van der Waals surface area contributed by atoms with Crippen LogP contribution >= 0.6 is 11.3 Å². The van der Waals surface area contributed by atoms with E-state index in [-0.39, 0.29) is 29.1 Å². The Balaban J connectivity index is 1.29. The van der Waals surface area contributed by atoms with Crippen LogP contribution in [0.4, 0.5) is 5.69 Å². The second-order valence-electron chi connectivity index (χ2n) is 7.24. The summed E-state index contributed by atoms with van der Waals surface area (Å²) >= 11 is 1.50. The molecular weight excluding hydrogens is 458 g/mol. The summed E-state index contributed by atoms with van der Waals surface area (Å²) in [7, 11) is 0. The topological polar surface area (TPSA) is 112 Å². The van der Waals surface area contributed by atoms with Gasteiger partial charge in [-0.05, 0) is 60.8 Å². The number of amides is 2. The molecule has 0 radical (unpaired) electrons. The predicted octanol–water partition coefficient (Wildman–Crippen LogP) is 4.35. The van der Waals surface area contributed by atoms with E-state index in [1.165, 1.54) is 29.5 Å². The SMILES string of the molecule is CCOc1ccc(N2C(=O)c3ccc(C(=O)OCc4noc(-c5ccsc5)n4)cc3C2=O)cc1. The average Bonchev–Trinajstić information content (AvgIpc) is 3.59. The highest BCUT2D eigenvalue weighted by atomic mass is 32.1. The first-order chi connectivity index (χ1) is 16.5. The van der Waals surface area contributed by atoms with E-state index in [0.717, 1.165) is 10.5 Å². The highest BCUT2D eigenvalue weighted by molar-refractivity contribution is 7.08. The molecule has 0 atom stereocenters. The fraction of sp³-hybridized carbons (Fsp3) is 0.125. The van der Waals surface area contributed by atoms with Crippen molar-refractivity contribution in [1.82, 2.24) is 10.1 Å². The van der Waals surface area contributed by atoms with Gasteiger partial charge < -0.3 is 14.0 Å². The number of aromatic nitrogens is 2. The molecule has 0 saturated carbocycles. The van der Waals surface area contributed by atoms with Crippen LogP contribution in [0.15, 0.2) is 63.8 Å². The number of hydrogen-bond acceptors (Lipinski definition) is 9. The molecule has 2 aromatic carbocycles. The summed E-state index contributed by atoms with van der Waals surface area (Å²) in [5.74, 6) is -0.470. The minimum absolute atomic E-state index is 0.132. The van der Waals surface area contributed by atoms with Crippen molar-refractivity contribution in [3.8, 4) is 17.2 Å². The Kier molecular flexibility index (Phi) is 5.64. The number of thiophene rings is 1. The van der Waals surface area contributed by atoms with E-state index in [0.29, 0.717) is 23.9 Å². The van der Waals surface area contributed by atoms with Crippen LogP contribution in [-0.2, 0) is 11.3 Å². The van der Waals surface area contributed by atoms with Gasteiger partial charge >= 0.3 is 5.97 Å². The summed E-state index contributed by atoms with van der Waals surface area (Å²) in [4.78, 5) is 43.6. The largest absolute Gasteiger partial charge is 0.494 e. The van der Waals surface area contributed by atoms with Crippen molar-refractivity contribution < 1.29 is 28.4 Å². The molecule has 0 unspecified atom stereocenters. The van der Waals surface area contributed by atoms with Crippen molar-refractivity contribution in [2.75, 3.05) is 11.5 Å². The maximum atomic E-state index is 13.0. The number of carbonyl (C=O) groups excluding carboxylic acids is 3. The molecule has 2 amide bonds. The third kappa shape index (κ3) is 3.95. The maximum Gasteiger partial charge on any atom is 0.338 e. The van der Waals surface area contributed by atoms with Crippen LogP contribution in [0.25, 0.3) is 11.5 Å². The lowest BCUT2D eigenvalue weighted by molar-refractivity contribution is 0.0459. The number of anilines is 1. The van der Waals surface area contributed by atoms with Crippen LogP contribution < -0.4 is 9.64 Å². The van der Waals surface area contributed by atoms with Crippen molar-refractivity contribution in [3.63, 3.8) is 0 Å². The predicted molar refractivity (Wildman–Crippen MR) is 122 cm³/mol. The zero-order valence-electron chi connectivity index (χ0n) is 17.9. The van der Waals surface area contributed by atoms with E-state index in [1.54, 1.807) is 24.3 Å². The molecule has 0 bridgehead atoms. The molecule has 0 fully saturated rings. The van der Waals surface area contributed by atoms with Gasteiger partial charge in [-0.2, -0.15) is 16.3 Å². The lowest BCUT2D eigenvalue weighted by Crippen LogP contribution is -2.29. The van der Waals surface area contributed by atoms with Crippen molar-refractivity contribution in [3.05, 3.63) is 81.8 Å². The normalized spacial score (nSPS) is 12.7. The van der Waals surface area contributed by atoms with E-state index in [9.17, 15) is 14.4 Å². The number of esters is 1. The van der Waals surface area contributed by atoms with E-state index in [1.807, 2.05) is 23.8 Å². The van der Waals surface area contributed by atoms with Gasteiger partial charge in [-0.15, -0.1) is 0 Å². The van der Waals surface area contributed by atoms with Gasteiger partial charge in [-0.3, -0.25) is 9.59 Å². The summed E-state index contributed by atoms with van der Waals surface area (Å²) in [5, 5.41) is 7.55. The molecule has 34 heavy (non-hydrogen) atoms. The summed E-state index contributed by atoms with van der Waals surface area (Å²) in [6.07, 6.45) is 0. The number of benzene rings is 2. The van der Waals surface area contributed by atoms with Crippen molar-refractivity contribution in [1.29, 1.82) is 0 Å². The Morgan fingerprint density at radius 2 is 1.85 bits per heavy atom. The second-order valence-corrected chi connectivity index (χ2v) is 8.02. The smallest absolute Gasteiger partial charge is 0.338 e. The fourth-order valence-electron chi connectivity index (χ4n) is 3.49. The van der Waals surface area contributed by atoms with Crippen LogP contribution in [0, 0.1) is 0 Å². The zero-order valence-corrected chi connectivity index (χ0v) is 18.7. The number of fused-ring (bicyclic) bond motifs is 1. The summed E-state index contributed by atoms with van der Waals surface area (Å²) in [6.45, 7) is 2.17. The monoisotopic (exact) mass is 475 g/mol. The molecule has 5 rings (SSSR count). The first-order valence-corrected chi connectivity index (χ1v) is 11.3. The summed E-state index contributed by atoms with van der Waals surface area (Å²) < 4.78 is 15.8. The molecule has 0 aliphatic carbocycles. The standard InChI is InChI=1S/C24H17N3O6S/c1-2-31-17-6-4-16(5-7-17)27-22(28)18-8-3-14(11-19(18)23(27)29)24(30)32-12-20-25-21(33-26-20)15-9-10-34-13-15/h3-11,13H,2,12H2,1H3. The van der Waals surface area contributed by atoms with E-state index in [4.69, 9.17) is 14.0 Å². The van der Waals surface area contributed by atoms with Gasteiger partial charge in [-0.25, -0.2) is 9.69 Å². The van der Waals surface area contributed by atoms with Gasteiger partial charge in [0.2, 0.25) is 5.82 Å². The lowest BCUT2D eigenvalue weighted by atomic mass is 10.1. The Labute approximate surface area is 197 Å². The molecule has 3 heterocycles. The third-order valence-corrected chi connectivity index (χ3v) is 5.78. The minimum Gasteiger partial charge on any atom is -0.494 e. The molecule has 0 N–H and O–H groups in total. The van der Waals surface area contributed by atoms with Gasteiger partial charge in [0, 0.05) is 5.38 Å². The molecule has 0 spiro atoms. The van der Waals surface area contributed by atoms with Crippen LogP contribution in [0.1, 0.15) is 43.8 Å². The minimum atomic E-state index is -0.676. The number of nitrogens with zero attached hydrogens (tertiary/aromatic N) is 3. The lowest BCUT2D eigenvalue weighted by Gasteiger charge is -2.14. The Bertz CT molecular complexity index is 1380. The number of carbonyl (C=O) groups is 3. The first kappa shape index (κ1) is 21.5. The van der Waals surface area contributed by atoms with Crippen LogP contribution in [0.3, 0.4) is 0 Å². The van der Waals surface area contributed by atoms with Crippen molar-refractivity contribution >= 4 is 34.8 Å². The fourth-order valence-corrected chi connectivity index (χ4v) is 4.12. The number of hydrogen-bond donors (Lipinski definition) is 0. The quantitative estimate of drug-likeness (QED) is 0.286. The van der Waals surface area contributed by atoms with Crippen LogP contribution in [-0.4, -0.2) is 34.5 Å². The Morgan fingerprint density at radius 1 is 1.06 bits per heavy atom. The number of imide groups is 1. The van der Waals surface area contributed by atoms with E-state index < -0.39 is 17.8 Å². The Morgan fingerprint density at radius 3 is 2.59 bits per heavy atom. The highest BCUT2D eigenvalue weighted by Gasteiger charge is 2.37. The zero-order chi connectivity index (χ0) is 23.7. The summed E-state index contributed by atoms with van der Waals surface area (Å²) in [6, 6.07) is 12.7. The molecule has 10 heteroatoms. The van der Waals surface area contributed by atoms with Crippen LogP contribution in [0.2, 0.25) is 0 Å². The number of rotatable bonds is 7. The van der Waals surface area contributed by atoms with Crippen LogP contribution in [0.5, 0.6) is 5.75 Å². The molecule has 2 aromatic heterocycles. The highest BCUT2D eigenvalue weighted by Crippen LogP contribution is 2.30. The summed E-state index contributed by atoms with van der Waals surface area (Å²) in [5.41, 5.74) is 1.68. The molecule has 170 valence electrons. The van der Waals surface area contributed by atoms with Gasteiger partial charge in [0.1, 0.15) is 5.75 Å². The molecule has 0 saturated heterocycles. The van der Waals surface area contributed by atoms with Crippen molar-refractivity contribution in [2.45, 2.75) is 13.5 Å². The molecule has 1 aliphatic rings. The maximum absolute atomic E-state index is 13.0. The molecule has 1 aliphatic heterocycles. The Hall–Kier alpha value is -4.31. The second kappa shape index (κ2) is 8.91. The van der Waals surface area contributed by atoms with E-state index >= 15 is 0 Å². The number of ether oxygens (including phenoxy) is 2. The van der Waals surface area contributed by atoms with Crippen molar-refractivity contribution in [2.24, 2.45) is 0 Å². The third-order valence-electron chi connectivity index (χ3n) is 5.10. The molecular formula is C24H17N3O6S. The first-order valence-electron chi connectivity index (χ1n) is 10.3. The van der Waals surface area contributed by atoms with Gasteiger partial charge in [0.05, 0.1) is 34.5 Å². The molecule has 9 nitrogen and oxygen atoms in total. The van der Waals surface area contributed by atoms with Gasteiger partial charge in [-0.1, -0.05) is 5.16 Å². The van der Waals surface area contributed by atoms with Gasteiger partial charge in [0.25, 0.3) is 17.7 Å².